The van der Waals surface area contributed by atoms with Crippen molar-refractivity contribution in [2.75, 3.05) is 26.2 Å². The van der Waals surface area contributed by atoms with E-state index in [1.165, 1.54) is 42.3 Å². The predicted octanol–water partition coefficient (Wildman–Crippen LogP) is 3.43. The molecule has 0 amide bonds. The summed E-state index contributed by atoms with van der Waals surface area (Å²) >= 11 is 2.52. The maximum atomic E-state index is 3.48. The van der Waals surface area contributed by atoms with E-state index in [1.54, 1.807) is 5.56 Å². The Morgan fingerprint density at radius 1 is 1.11 bits per heavy atom. The van der Waals surface area contributed by atoms with Crippen LogP contribution in [-0.4, -0.2) is 31.1 Å². The van der Waals surface area contributed by atoms with Crippen LogP contribution in [0.25, 0.3) is 0 Å². The zero-order chi connectivity index (χ0) is 13.1. The van der Waals surface area contributed by atoms with E-state index in [9.17, 15) is 0 Å². The number of piperazine rings is 1. The zero-order valence-electron chi connectivity index (χ0n) is 11.4. The first-order valence-electron chi connectivity index (χ1n) is 7.55. The SMILES string of the molecule is Ic1ccccc1[C@@H](C1CCCC1)N1CCNCC1. The molecule has 0 spiro atoms. The number of halogens is 1. The molecule has 19 heavy (non-hydrogen) atoms. The molecule has 1 aromatic carbocycles. The third-order valence-corrected chi connectivity index (χ3v) is 5.60. The highest BCUT2D eigenvalue weighted by Gasteiger charge is 2.32. The van der Waals surface area contributed by atoms with Crippen molar-refractivity contribution in [2.24, 2.45) is 5.92 Å². The molecule has 3 heteroatoms. The van der Waals surface area contributed by atoms with Gasteiger partial charge in [0.25, 0.3) is 0 Å². The van der Waals surface area contributed by atoms with Gasteiger partial charge in [-0.05, 0) is 53.0 Å². The van der Waals surface area contributed by atoms with Crippen molar-refractivity contribution in [1.82, 2.24) is 10.2 Å². The fourth-order valence-electron chi connectivity index (χ4n) is 3.70. The van der Waals surface area contributed by atoms with Gasteiger partial charge in [0.15, 0.2) is 0 Å². The summed E-state index contributed by atoms with van der Waals surface area (Å²) in [6, 6.07) is 9.64. The van der Waals surface area contributed by atoms with Crippen LogP contribution in [0.3, 0.4) is 0 Å². The lowest BCUT2D eigenvalue weighted by molar-refractivity contribution is 0.125. The second-order valence-electron chi connectivity index (χ2n) is 5.80. The van der Waals surface area contributed by atoms with Crippen LogP contribution in [0, 0.1) is 9.49 Å². The molecule has 2 fully saturated rings. The van der Waals surface area contributed by atoms with E-state index in [0.29, 0.717) is 6.04 Å². The van der Waals surface area contributed by atoms with Gasteiger partial charge < -0.3 is 5.32 Å². The Labute approximate surface area is 130 Å². The fraction of sp³-hybridized carbons (Fsp3) is 0.625. The van der Waals surface area contributed by atoms with Crippen LogP contribution in [0.15, 0.2) is 24.3 Å². The van der Waals surface area contributed by atoms with Crippen LogP contribution in [0.1, 0.15) is 37.3 Å². The van der Waals surface area contributed by atoms with Crippen LogP contribution in [0.4, 0.5) is 0 Å². The summed E-state index contributed by atoms with van der Waals surface area (Å²) in [5.74, 6) is 0.869. The predicted molar refractivity (Wildman–Crippen MR) is 88.3 cm³/mol. The number of hydrogen-bond acceptors (Lipinski definition) is 2. The minimum Gasteiger partial charge on any atom is -0.314 e. The lowest BCUT2D eigenvalue weighted by Gasteiger charge is -2.39. The first kappa shape index (κ1) is 13.8. The quantitative estimate of drug-likeness (QED) is 0.821. The van der Waals surface area contributed by atoms with Crippen LogP contribution in [0.5, 0.6) is 0 Å². The van der Waals surface area contributed by atoms with Gasteiger partial charge in [0.1, 0.15) is 0 Å². The summed E-state index contributed by atoms with van der Waals surface area (Å²) < 4.78 is 1.44. The molecule has 2 nitrogen and oxygen atoms in total. The van der Waals surface area contributed by atoms with E-state index in [4.69, 9.17) is 0 Å². The Morgan fingerprint density at radius 3 is 2.47 bits per heavy atom. The number of benzene rings is 1. The van der Waals surface area contributed by atoms with Gasteiger partial charge in [0.05, 0.1) is 0 Å². The van der Waals surface area contributed by atoms with Crippen molar-refractivity contribution in [2.45, 2.75) is 31.7 Å². The molecule has 3 rings (SSSR count). The van der Waals surface area contributed by atoms with Gasteiger partial charge in [-0.3, -0.25) is 4.90 Å². The number of nitrogens with one attached hydrogen (secondary N) is 1. The van der Waals surface area contributed by atoms with E-state index < -0.39 is 0 Å². The Hall–Kier alpha value is -0.130. The largest absolute Gasteiger partial charge is 0.314 e. The lowest BCUT2D eigenvalue weighted by atomic mass is 9.90. The monoisotopic (exact) mass is 370 g/mol. The highest BCUT2D eigenvalue weighted by molar-refractivity contribution is 14.1. The van der Waals surface area contributed by atoms with E-state index in [-0.39, 0.29) is 0 Å². The summed E-state index contributed by atoms with van der Waals surface area (Å²) in [5.41, 5.74) is 1.57. The molecule has 2 aliphatic rings. The molecule has 1 saturated carbocycles. The smallest absolute Gasteiger partial charge is 0.0387 e. The van der Waals surface area contributed by atoms with Crippen molar-refractivity contribution in [1.29, 1.82) is 0 Å². The highest BCUT2D eigenvalue weighted by Crippen LogP contribution is 2.40. The Kier molecular flexibility index (Phi) is 4.77. The maximum absolute atomic E-state index is 3.48. The van der Waals surface area contributed by atoms with Crippen LogP contribution >= 0.6 is 22.6 Å². The topological polar surface area (TPSA) is 15.3 Å². The maximum Gasteiger partial charge on any atom is 0.0387 e. The highest BCUT2D eigenvalue weighted by atomic mass is 127. The average Bonchev–Trinajstić information content (AvgIpc) is 2.96. The Balaban J connectivity index is 1.88. The van der Waals surface area contributed by atoms with Gasteiger partial charge >= 0.3 is 0 Å². The van der Waals surface area contributed by atoms with Gasteiger partial charge in [-0.1, -0.05) is 31.0 Å². The molecule has 1 atom stereocenters. The molecule has 1 saturated heterocycles. The van der Waals surface area contributed by atoms with Gasteiger partial charge in [0, 0.05) is 35.8 Å². The Bertz CT molecular complexity index is 409. The molecule has 104 valence electrons. The molecule has 0 radical (unpaired) electrons. The summed E-state index contributed by atoms with van der Waals surface area (Å²) in [7, 11) is 0. The van der Waals surface area contributed by atoms with Crippen molar-refractivity contribution >= 4 is 22.6 Å². The van der Waals surface area contributed by atoms with E-state index in [1.807, 2.05) is 0 Å². The number of nitrogens with zero attached hydrogens (tertiary/aromatic N) is 1. The summed E-state index contributed by atoms with van der Waals surface area (Å²) in [4.78, 5) is 2.73. The van der Waals surface area contributed by atoms with Crippen LogP contribution in [0.2, 0.25) is 0 Å². The number of rotatable bonds is 3. The normalized spacial score (nSPS) is 23.6. The molecule has 0 unspecified atom stereocenters. The third-order valence-electron chi connectivity index (χ3n) is 4.62. The second-order valence-corrected chi connectivity index (χ2v) is 6.96. The summed E-state index contributed by atoms with van der Waals surface area (Å²) in [6.07, 6.45) is 5.69. The van der Waals surface area contributed by atoms with Crippen LogP contribution in [-0.2, 0) is 0 Å². The van der Waals surface area contributed by atoms with Gasteiger partial charge in [-0.25, -0.2) is 0 Å². The standard InChI is InChI=1S/C16H23IN2/c17-15-8-4-3-7-14(15)16(13-5-1-2-6-13)19-11-9-18-10-12-19/h3-4,7-8,13,16,18H,1-2,5-6,9-12H2/t16-/m1/s1. The van der Waals surface area contributed by atoms with Crippen molar-refractivity contribution in [3.63, 3.8) is 0 Å². The minimum absolute atomic E-state index is 0.651. The second kappa shape index (κ2) is 6.55. The number of hydrogen-bond donors (Lipinski definition) is 1. The minimum atomic E-state index is 0.651. The Morgan fingerprint density at radius 2 is 1.79 bits per heavy atom. The van der Waals surface area contributed by atoms with Gasteiger partial charge in [-0.15, -0.1) is 0 Å². The van der Waals surface area contributed by atoms with Crippen molar-refractivity contribution in [3.05, 3.63) is 33.4 Å². The van der Waals surface area contributed by atoms with Crippen LogP contribution < -0.4 is 5.32 Å². The van der Waals surface area contributed by atoms with Crippen molar-refractivity contribution < 1.29 is 0 Å². The molecule has 0 aromatic heterocycles. The lowest BCUT2D eigenvalue weighted by Crippen LogP contribution is -2.46. The average molecular weight is 370 g/mol. The summed E-state index contributed by atoms with van der Waals surface area (Å²) in [6.45, 7) is 4.69. The van der Waals surface area contributed by atoms with Crippen molar-refractivity contribution in [3.8, 4) is 0 Å². The first-order chi connectivity index (χ1) is 9.36. The third kappa shape index (κ3) is 3.14. The van der Waals surface area contributed by atoms with Gasteiger partial charge in [-0.2, -0.15) is 0 Å². The molecule has 1 aromatic rings. The molecule has 1 aliphatic heterocycles. The van der Waals surface area contributed by atoms with E-state index in [0.717, 1.165) is 19.0 Å². The van der Waals surface area contributed by atoms with E-state index in [2.05, 4.69) is 57.1 Å². The molecule has 0 bridgehead atoms. The zero-order valence-corrected chi connectivity index (χ0v) is 13.6. The molecular formula is C16H23IN2. The fourth-order valence-corrected chi connectivity index (χ4v) is 4.40. The molecular weight excluding hydrogens is 347 g/mol. The molecule has 1 N–H and O–H groups in total. The van der Waals surface area contributed by atoms with E-state index >= 15 is 0 Å². The molecule has 1 heterocycles. The van der Waals surface area contributed by atoms with Gasteiger partial charge in [0.2, 0.25) is 0 Å². The summed E-state index contributed by atoms with van der Waals surface area (Å²) in [5, 5.41) is 3.48. The molecule has 1 aliphatic carbocycles. The first-order valence-corrected chi connectivity index (χ1v) is 8.63.